The molecule has 0 fully saturated rings. The summed E-state index contributed by atoms with van der Waals surface area (Å²) in [6.45, 7) is 3.64. The largest absolute Gasteiger partial charge is 0.618 e. The number of carbonyl (C=O) groups excluding carboxylic acids is 1. The highest BCUT2D eigenvalue weighted by Crippen LogP contribution is 2.23. The Bertz CT molecular complexity index is 600. The molecule has 2 aromatic rings. The highest BCUT2D eigenvalue weighted by Gasteiger charge is 2.22. The second-order valence-electron chi connectivity index (χ2n) is 4.19. The molecule has 0 aromatic carbocycles. The number of rotatable bonds is 5. The van der Waals surface area contributed by atoms with Crippen LogP contribution in [0.1, 0.15) is 19.1 Å². The molecule has 2 heterocycles. The first kappa shape index (κ1) is 14.4. The molecule has 0 spiro atoms. The van der Waals surface area contributed by atoms with Gasteiger partial charge in [-0.15, -0.1) is 0 Å². The summed E-state index contributed by atoms with van der Waals surface area (Å²) in [5, 5.41) is 18.1. The van der Waals surface area contributed by atoms with Crippen molar-refractivity contribution in [1.29, 1.82) is 0 Å². The number of hydrogen-bond acceptors (Lipinski definition) is 5. The lowest BCUT2D eigenvalue weighted by Crippen LogP contribution is -2.31. The number of anilines is 1. The molecule has 20 heavy (non-hydrogen) atoms. The lowest BCUT2D eigenvalue weighted by molar-refractivity contribution is -0.645. The number of pyridine rings is 1. The summed E-state index contributed by atoms with van der Waals surface area (Å²) >= 11 is 1.23. The molecule has 0 saturated carbocycles. The van der Waals surface area contributed by atoms with Crippen LogP contribution < -0.4 is 10.0 Å². The number of thioether (sulfide) groups is 1. The van der Waals surface area contributed by atoms with Crippen molar-refractivity contribution < 1.29 is 14.0 Å². The van der Waals surface area contributed by atoms with Crippen LogP contribution in [0.4, 0.5) is 5.82 Å². The zero-order valence-electron chi connectivity index (χ0n) is 11.2. The molecule has 2 aromatic heterocycles. The van der Waals surface area contributed by atoms with Gasteiger partial charge in [-0.25, -0.2) is 0 Å². The highest BCUT2D eigenvalue weighted by molar-refractivity contribution is 8.00. The van der Waals surface area contributed by atoms with Gasteiger partial charge in [0.1, 0.15) is 5.76 Å². The molecule has 0 saturated heterocycles. The van der Waals surface area contributed by atoms with Crippen LogP contribution >= 0.6 is 11.8 Å². The number of hydrogen-bond donors (Lipinski definition) is 1. The van der Waals surface area contributed by atoms with Crippen molar-refractivity contribution in [3.05, 3.63) is 41.4 Å². The molecule has 0 aliphatic rings. The lowest BCUT2D eigenvalue weighted by Gasteiger charge is -2.12. The molecule has 1 atom stereocenters. The van der Waals surface area contributed by atoms with Crippen molar-refractivity contribution in [2.24, 2.45) is 0 Å². The summed E-state index contributed by atoms with van der Waals surface area (Å²) in [7, 11) is 0. The Hall–Kier alpha value is -2.02. The van der Waals surface area contributed by atoms with Gasteiger partial charge in [-0.1, -0.05) is 12.1 Å². The van der Waals surface area contributed by atoms with Crippen LogP contribution in [-0.4, -0.2) is 16.3 Å². The van der Waals surface area contributed by atoms with Crippen LogP contribution in [0.25, 0.3) is 0 Å². The number of amides is 1. The molecular formula is C13H15N3O3S. The third-order valence-corrected chi connectivity index (χ3v) is 3.98. The zero-order chi connectivity index (χ0) is 14.5. The Labute approximate surface area is 120 Å². The second kappa shape index (κ2) is 6.42. The third-order valence-electron chi connectivity index (χ3n) is 2.59. The quantitative estimate of drug-likeness (QED) is 0.519. The van der Waals surface area contributed by atoms with Crippen LogP contribution in [0, 0.1) is 12.1 Å². The fraction of sp³-hybridized carbons (Fsp3) is 0.308. The molecule has 0 aliphatic carbocycles. The van der Waals surface area contributed by atoms with Crippen molar-refractivity contribution >= 4 is 23.5 Å². The molecule has 0 bridgehead atoms. The summed E-state index contributed by atoms with van der Waals surface area (Å²) in [6.07, 6.45) is 2.01. The van der Waals surface area contributed by atoms with Gasteiger partial charge in [0.15, 0.2) is 12.0 Å². The minimum absolute atomic E-state index is 0.199. The van der Waals surface area contributed by atoms with E-state index >= 15 is 0 Å². The Morgan fingerprint density at radius 2 is 2.40 bits per heavy atom. The molecule has 7 heteroatoms. The maximum atomic E-state index is 12.1. The minimum Gasteiger partial charge on any atom is -0.618 e. The normalized spacial score (nSPS) is 12.1. The fourth-order valence-corrected chi connectivity index (χ4v) is 2.55. The lowest BCUT2D eigenvalue weighted by atomic mass is 10.3. The molecule has 1 N–H and O–H groups in total. The smallest absolute Gasteiger partial charge is 0.252 e. The topological polar surface area (TPSA) is 82.1 Å². The van der Waals surface area contributed by atoms with Gasteiger partial charge in [0.2, 0.25) is 5.91 Å². The average Bonchev–Trinajstić information content (AvgIpc) is 2.83. The van der Waals surface area contributed by atoms with Gasteiger partial charge in [0.05, 0.1) is 5.25 Å². The van der Waals surface area contributed by atoms with E-state index in [0.29, 0.717) is 23.0 Å². The van der Waals surface area contributed by atoms with Gasteiger partial charge >= 0.3 is 0 Å². The number of nitrogens with one attached hydrogen (secondary N) is 1. The zero-order valence-corrected chi connectivity index (χ0v) is 12.0. The molecule has 1 unspecified atom stereocenters. The summed E-state index contributed by atoms with van der Waals surface area (Å²) < 4.78 is 5.64. The average molecular weight is 293 g/mol. The SMILES string of the molecule is CCC(Sc1cccc[n+]1[O-])C(=O)Nc1cc(C)on1. The molecule has 6 nitrogen and oxygen atoms in total. The summed E-state index contributed by atoms with van der Waals surface area (Å²) in [4.78, 5) is 12.1. The monoisotopic (exact) mass is 293 g/mol. The summed E-state index contributed by atoms with van der Waals surface area (Å²) in [5.74, 6) is 0.811. The standard InChI is InChI=1S/C13H15N3O3S/c1-3-10(20-12-6-4-5-7-16(12)18)13(17)14-11-8-9(2)19-15-11/h4-8,10H,3H2,1-2H3,(H,14,15,17). The maximum absolute atomic E-state index is 12.1. The Morgan fingerprint density at radius 3 is 3.00 bits per heavy atom. The van der Waals surface area contributed by atoms with E-state index in [1.54, 1.807) is 31.2 Å². The van der Waals surface area contributed by atoms with Crippen LogP contribution in [0.15, 0.2) is 40.0 Å². The van der Waals surface area contributed by atoms with E-state index in [1.165, 1.54) is 18.0 Å². The van der Waals surface area contributed by atoms with Crippen molar-refractivity contribution in [3.8, 4) is 0 Å². The van der Waals surface area contributed by atoms with Crippen LogP contribution in [0.5, 0.6) is 0 Å². The van der Waals surface area contributed by atoms with E-state index in [0.717, 1.165) is 4.73 Å². The van der Waals surface area contributed by atoms with Crippen molar-refractivity contribution in [3.63, 3.8) is 0 Å². The van der Waals surface area contributed by atoms with E-state index in [2.05, 4.69) is 10.5 Å². The van der Waals surface area contributed by atoms with Crippen molar-refractivity contribution in [2.45, 2.75) is 30.5 Å². The van der Waals surface area contributed by atoms with E-state index in [4.69, 9.17) is 4.52 Å². The maximum Gasteiger partial charge on any atom is 0.252 e. The predicted octanol–water partition coefficient (Wildman–Crippen LogP) is 2.13. The van der Waals surface area contributed by atoms with E-state index in [-0.39, 0.29) is 11.2 Å². The molecule has 1 amide bonds. The van der Waals surface area contributed by atoms with Gasteiger partial charge in [-0.05, 0) is 31.2 Å². The second-order valence-corrected chi connectivity index (χ2v) is 5.41. The van der Waals surface area contributed by atoms with E-state index in [9.17, 15) is 10.0 Å². The number of nitrogens with zero attached hydrogens (tertiary/aromatic N) is 2. The molecule has 106 valence electrons. The van der Waals surface area contributed by atoms with Gasteiger partial charge in [-0.3, -0.25) is 4.79 Å². The Morgan fingerprint density at radius 1 is 1.60 bits per heavy atom. The highest BCUT2D eigenvalue weighted by atomic mass is 32.2. The van der Waals surface area contributed by atoms with Crippen LogP contribution in [-0.2, 0) is 4.79 Å². The minimum atomic E-state index is -0.366. The van der Waals surface area contributed by atoms with Gasteiger partial charge < -0.3 is 15.0 Å². The molecule has 0 aliphatic heterocycles. The first-order chi connectivity index (χ1) is 9.60. The van der Waals surface area contributed by atoms with E-state index in [1.807, 2.05) is 6.92 Å². The van der Waals surface area contributed by atoms with Gasteiger partial charge in [0, 0.05) is 18.2 Å². The first-order valence-corrected chi connectivity index (χ1v) is 7.07. The van der Waals surface area contributed by atoms with Crippen molar-refractivity contribution in [2.75, 3.05) is 5.32 Å². The Balaban J connectivity index is 2.04. The van der Waals surface area contributed by atoms with Crippen molar-refractivity contribution in [1.82, 2.24) is 5.16 Å². The van der Waals surface area contributed by atoms with E-state index < -0.39 is 0 Å². The number of carbonyl (C=O) groups is 1. The number of aryl methyl sites for hydroxylation is 1. The predicted molar refractivity (Wildman–Crippen MR) is 75.2 cm³/mol. The fourth-order valence-electron chi connectivity index (χ4n) is 1.60. The summed E-state index contributed by atoms with van der Waals surface area (Å²) in [5.41, 5.74) is 0. The van der Waals surface area contributed by atoms with Gasteiger partial charge in [-0.2, -0.15) is 4.73 Å². The molecular weight excluding hydrogens is 278 g/mol. The molecule has 2 rings (SSSR count). The summed E-state index contributed by atoms with van der Waals surface area (Å²) in [6, 6.07) is 6.75. The van der Waals surface area contributed by atoms with Gasteiger partial charge in [0.25, 0.3) is 5.03 Å². The van der Waals surface area contributed by atoms with Crippen LogP contribution in [0.3, 0.4) is 0 Å². The molecule has 0 radical (unpaired) electrons. The number of aromatic nitrogens is 2. The first-order valence-electron chi connectivity index (χ1n) is 6.19. The van der Waals surface area contributed by atoms with Crippen LogP contribution in [0.2, 0.25) is 0 Å². The Kier molecular flexibility index (Phi) is 4.62. The third kappa shape index (κ3) is 3.51.